The largest absolute Gasteiger partial charge is 0.301 e. The molecule has 21 heavy (non-hydrogen) atoms. The van der Waals surface area contributed by atoms with Crippen LogP contribution in [0.3, 0.4) is 0 Å². The quantitative estimate of drug-likeness (QED) is 0.784. The third kappa shape index (κ3) is 4.14. The summed E-state index contributed by atoms with van der Waals surface area (Å²) in [4.78, 5) is 4.96. The Bertz CT molecular complexity index is 478. The molecule has 3 rings (SSSR count). The maximum absolute atomic E-state index is 13.7. The molecule has 114 valence electrons. The summed E-state index contributed by atoms with van der Waals surface area (Å²) in [5.74, 6) is 0.766. The molecule has 1 saturated heterocycles. The number of rotatable bonds is 4. The van der Waals surface area contributed by atoms with Gasteiger partial charge in [-0.15, -0.1) is 0 Å². The van der Waals surface area contributed by atoms with E-state index >= 15 is 0 Å². The molecule has 0 radical (unpaired) electrons. The average molecular weight is 288 g/mol. The lowest BCUT2D eigenvalue weighted by Gasteiger charge is -2.36. The number of piperazine rings is 1. The van der Waals surface area contributed by atoms with Crippen molar-refractivity contribution in [3.63, 3.8) is 0 Å². The van der Waals surface area contributed by atoms with Crippen molar-refractivity contribution in [3.8, 4) is 0 Å². The molecule has 1 unspecified atom stereocenters. The van der Waals surface area contributed by atoms with Crippen LogP contribution in [0.5, 0.6) is 0 Å². The molecule has 0 spiro atoms. The monoisotopic (exact) mass is 288 g/mol. The van der Waals surface area contributed by atoms with Gasteiger partial charge < -0.3 is 4.90 Å². The van der Waals surface area contributed by atoms with Crippen LogP contribution in [0.2, 0.25) is 0 Å². The molecule has 0 N–H and O–H groups in total. The van der Waals surface area contributed by atoms with Crippen LogP contribution in [-0.4, -0.2) is 42.5 Å². The van der Waals surface area contributed by atoms with Gasteiger partial charge in [0, 0.05) is 44.8 Å². The Morgan fingerprint density at radius 2 is 1.76 bits per heavy atom. The molecule has 0 saturated carbocycles. The molecule has 1 aliphatic heterocycles. The van der Waals surface area contributed by atoms with Crippen molar-refractivity contribution in [2.24, 2.45) is 5.92 Å². The normalized spacial score (nSPS) is 24.3. The molecule has 1 heterocycles. The molecule has 1 atom stereocenters. The van der Waals surface area contributed by atoms with Gasteiger partial charge in [0.05, 0.1) is 0 Å². The SMILES string of the molecule is Fc1ccccc1CN1CCN(CC2CC=CCC2)CC1. The fraction of sp³-hybridized carbons (Fsp3) is 0.556. The van der Waals surface area contributed by atoms with Crippen LogP contribution in [0.4, 0.5) is 4.39 Å². The second-order valence-corrected chi connectivity index (χ2v) is 6.32. The van der Waals surface area contributed by atoms with Crippen molar-refractivity contribution in [1.29, 1.82) is 0 Å². The summed E-state index contributed by atoms with van der Waals surface area (Å²) < 4.78 is 13.7. The molecule has 1 aliphatic carbocycles. The number of halogens is 1. The zero-order chi connectivity index (χ0) is 14.5. The maximum atomic E-state index is 13.7. The first-order chi connectivity index (χ1) is 10.3. The highest BCUT2D eigenvalue weighted by Gasteiger charge is 2.20. The van der Waals surface area contributed by atoms with Gasteiger partial charge in [-0.2, -0.15) is 0 Å². The van der Waals surface area contributed by atoms with Crippen LogP contribution in [-0.2, 0) is 6.54 Å². The number of allylic oxidation sites excluding steroid dienone is 2. The Kier molecular flexibility index (Phi) is 5.04. The summed E-state index contributed by atoms with van der Waals surface area (Å²) >= 11 is 0. The van der Waals surface area contributed by atoms with Crippen molar-refractivity contribution in [3.05, 3.63) is 47.8 Å². The summed E-state index contributed by atoms with van der Waals surface area (Å²) in [7, 11) is 0. The topological polar surface area (TPSA) is 6.48 Å². The summed E-state index contributed by atoms with van der Waals surface area (Å²) in [5.41, 5.74) is 0.823. The first-order valence-electron chi connectivity index (χ1n) is 8.14. The summed E-state index contributed by atoms with van der Waals surface area (Å²) in [6.07, 6.45) is 8.48. The van der Waals surface area contributed by atoms with Crippen LogP contribution in [0.25, 0.3) is 0 Å². The fourth-order valence-electron chi connectivity index (χ4n) is 3.38. The van der Waals surface area contributed by atoms with Gasteiger partial charge in [-0.05, 0) is 31.2 Å². The molecule has 0 amide bonds. The molecule has 3 heteroatoms. The molecule has 1 fully saturated rings. The standard InChI is InChI=1S/C18H25FN2/c19-18-9-5-4-8-17(18)15-21-12-10-20(11-13-21)14-16-6-2-1-3-7-16/h1-2,4-5,8-9,16H,3,6-7,10-15H2. The minimum Gasteiger partial charge on any atom is -0.301 e. The second kappa shape index (κ2) is 7.19. The van der Waals surface area contributed by atoms with E-state index in [2.05, 4.69) is 22.0 Å². The Balaban J connectivity index is 1.44. The van der Waals surface area contributed by atoms with E-state index in [0.29, 0.717) is 0 Å². The Morgan fingerprint density at radius 3 is 2.48 bits per heavy atom. The van der Waals surface area contributed by atoms with Gasteiger partial charge in [0.2, 0.25) is 0 Å². The van der Waals surface area contributed by atoms with Gasteiger partial charge in [0.15, 0.2) is 0 Å². The van der Waals surface area contributed by atoms with Gasteiger partial charge in [0.1, 0.15) is 5.82 Å². The Hall–Kier alpha value is -1.19. The van der Waals surface area contributed by atoms with Gasteiger partial charge in [0.25, 0.3) is 0 Å². The zero-order valence-electron chi connectivity index (χ0n) is 12.7. The first kappa shape index (κ1) is 14.7. The van der Waals surface area contributed by atoms with Crippen LogP contribution in [0, 0.1) is 11.7 Å². The van der Waals surface area contributed by atoms with Crippen molar-refractivity contribution < 1.29 is 4.39 Å². The molecule has 0 aromatic heterocycles. The summed E-state index contributed by atoms with van der Waals surface area (Å²) in [5, 5.41) is 0. The van der Waals surface area contributed by atoms with E-state index in [-0.39, 0.29) is 5.82 Å². The highest BCUT2D eigenvalue weighted by Crippen LogP contribution is 2.20. The van der Waals surface area contributed by atoms with Gasteiger partial charge in [-0.3, -0.25) is 4.90 Å². The molecule has 2 aliphatic rings. The summed E-state index contributed by atoms with van der Waals surface area (Å²) in [6, 6.07) is 7.14. The van der Waals surface area contributed by atoms with Crippen LogP contribution in [0.1, 0.15) is 24.8 Å². The minimum atomic E-state index is -0.0751. The van der Waals surface area contributed by atoms with Crippen molar-refractivity contribution in [1.82, 2.24) is 9.80 Å². The predicted octanol–water partition coefficient (Wildman–Crippen LogP) is 3.30. The third-order valence-corrected chi connectivity index (χ3v) is 4.71. The average Bonchev–Trinajstić information content (AvgIpc) is 2.52. The molecule has 1 aromatic rings. The van der Waals surface area contributed by atoms with E-state index in [1.165, 1.54) is 25.8 Å². The highest BCUT2D eigenvalue weighted by atomic mass is 19.1. The van der Waals surface area contributed by atoms with E-state index < -0.39 is 0 Å². The van der Waals surface area contributed by atoms with Gasteiger partial charge in [-0.25, -0.2) is 4.39 Å². The van der Waals surface area contributed by atoms with Crippen molar-refractivity contribution >= 4 is 0 Å². The molecular formula is C18H25FN2. The van der Waals surface area contributed by atoms with E-state index in [9.17, 15) is 4.39 Å². The van der Waals surface area contributed by atoms with Gasteiger partial charge >= 0.3 is 0 Å². The Morgan fingerprint density at radius 1 is 1.00 bits per heavy atom. The highest BCUT2D eigenvalue weighted by molar-refractivity contribution is 5.17. The van der Waals surface area contributed by atoms with E-state index in [0.717, 1.165) is 44.2 Å². The smallest absolute Gasteiger partial charge is 0.127 e. The molecular weight excluding hydrogens is 263 g/mol. The minimum absolute atomic E-state index is 0.0751. The number of hydrogen-bond acceptors (Lipinski definition) is 2. The van der Waals surface area contributed by atoms with Crippen LogP contribution < -0.4 is 0 Å². The third-order valence-electron chi connectivity index (χ3n) is 4.71. The molecule has 2 nitrogen and oxygen atoms in total. The number of benzene rings is 1. The van der Waals surface area contributed by atoms with Crippen molar-refractivity contribution in [2.45, 2.75) is 25.8 Å². The number of nitrogens with zero attached hydrogens (tertiary/aromatic N) is 2. The molecule has 0 bridgehead atoms. The second-order valence-electron chi connectivity index (χ2n) is 6.32. The zero-order valence-corrected chi connectivity index (χ0v) is 12.7. The Labute approximate surface area is 127 Å². The fourth-order valence-corrected chi connectivity index (χ4v) is 3.38. The first-order valence-corrected chi connectivity index (χ1v) is 8.14. The lowest BCUT2D eigenvalue weighted by molar-refractivity contribution is 0.110. The lowest BCUT2D eigenvalue weighted by Crippen LogP contribution is -2.47. The van der Waals surface area contributed by atoms with Crippen LogP contribution >= 0.6 is 0 Å². The predicted molar refractivity (Wildman–Crippen MR) is 84.6 cm³/mol. The maximum Gasteiger partial charge on any atom is 0.127 e. The molecule has 1 aromatic carbocycles. The van der Waals surface area contributed by atoms with Gasteiger partial charge in [-0.1, -0.05) is 30.4 Å². The van der Waals surface area contributed by atoms with Crippen LogP contribution in [0.15, 0.2) is 36.4 Å². The van der Waals surface area contributed by atoms with E-state index in [1.54, 1.807) is 12.1 Å². The van der Waals surface area contributed by atoms with E-state index in [4.69, 9.17) is 0 Å². The number of hydrogen-bond donors (Lipinski definition) is 0. The lowest BCUT2D eigenvalue weighted by atomic mass is 9.94. The van der Waals surface area contributed by atoms with Crippen molar-refractivity contribution in [2.75, 3.05) is 32.7 Å². The summed E-state index contributed by atoms with van der Waals surface area (Å²) in [6.45, 7) is 6.32. The van der Waals surface area contributed by atoms with E-state index in [1.807, 2.05) is 12.1 Å².